The molecule has 2 rings (SSSR count). The molecule has 1 heterocycles. The van der Waals surface area contributed by atoms with E-state index in [1.54, 1.807) is 13.2 Å². The number of nitrogens with zero attached hydrogens (tertiary/aromatic N) is 1. The van der Waals surface area contributed by atoms with Gasteiger partial charge in [-0.25, -0.2) is 4.98 Å². The van der Waals surface area contributed by atoms with Gasteiger partial charge in [-0.05, 0) is 49.6 Å². The Morgan fingerprint density at radius 1 is 1.20 bits per heavy atom. The van der Waals surface area contributed by atoms with Crippen molar-refractivity contribution in [2.75, 3.05) is 12.4 Å². The van der Waals surface area contributed by atoms with Crippen LogP contribution in [-0.4, -0.2) is 18.1 Å². The van der Waals surface area contributed by atoms with Gasteiger partial charge in [0.15, 0.2) is 0 Å². The molecule has 2 aromatic rings. The number of rotatable bonds is 6. The highest BCUT2D eigenvalue weighted by Crippen LogP contribution is 2.14. The molecule has 1 N–H and O–H groups in total. The topological polar surface area (TPSA) is 34.1 Å². The summed E-state index contributed by atoms with van der Waals surface area (Å²) in [6.45, 7) is 2.10. The molecule has 4 heteroatoms. The average molecular weight is 274 g/mol. The number of hydrogen-bond acceptors (Lipinski definition) is 3. The number of aryl methyl sites for hydroxylation is 1. The number of aromatic nitrogens is 1. The van der Waals surface area contributed by atoms with Crippen molar-refractivity contribution >= 4 is 5.69 Å². The molecule has 1 atom stereocenters. The summed E-state index contributed by atoms with van der Waals surface area (Å²) in [7, 11) is 1.66. The number of methoxy groups -OCH3 is 1. The second-order valence-corrected chi connectivity index (χ2v) is 4.80. The fraction of sp³-hybridized carbons (Fsp3) is 0.312. The van der Waals surface area contributed by atoms with E-state index in [0.717, 1.165) is 24.3 Å². The highest BCUT2D eigenvalue weighted by molar-refractivity contribution is 5.40. The van der Waals surface area contributed by atoms with Crippen molar-refractivity contribution in [3.63, 3.8) is 0 Å². The Morgan fingerprint density at radius 2 is 1.95 bits per heavy atom. The molecular formula is C16H19FN2O. The lowest BCUT2D eigenvalue weighted by atomic mass is 10.1. The van der Waals surface area contributed by atoms with Crippen molar-refractivity contribution < 1.29 is 9.13 Å². The van der Waals surface area contributed by atoms with Crippen molar-refractivity contribution in [3.05, 3.63) is 54.1 Å². The van der Waals surface area contributed by atoms with Gasteiger partial charge in [0.2, 0.25) is 5.95 Å². The molecule has 0 amide bonds. The van der Waals surface area contributed by atoms with Gasteiger partial charge in [0.05, 0.1) is 19.0 Å². The Bertz CT molecular complexity index is 525. The van der Waals surface area contributed by atoms with E-state index in [1.165, 1.54) is 17.8 Å². The van der Waals surface area contributed by atoms with Gasteiger partial charge >= 0.3 is 0 Å². The Hall–Kier alpha value is -2.10. The minimum absolute atomic E-state index is 0.296. The first kappa shape index (κ1) is 14.3. The van der Waals surface area contributed by atoms with Crippen LogP contribution in [0.4, 0.5) is 10.1 Å². The summed E-state index contributed by atoms with van der Waals surface area (Å²) in [6, 6.07) is 11.4. The summed E-state index contributed by atoms with van der Waals surface area (Å²) >= 11 is 0. The third kappa shape index (κ3) is 4.23. The van der Waals surface area contributed by atoms with Crippen molar-refractivity contribution in [2.45, 2.75) is 25.8 Å². The largest absolute Gasteiger partial charge is 0.497 e. The third-order valence-electron chi connectivity index (χ3n) is 3.17. The summed E-state index contributed by atoms with van der Waals surface area (Å²) in [6.07, 6.45) is 3.48. The van der Waals surface area contributed by atoms with Crippen LogP contribution in [0, 0.1) is 5.95 Å². The van der Waals surface area contributed by atoms with Gasteiger partial charge < -0.3 is 10.1 Å². The minimum atomic E-state index is -0.457. The molecule has 3 nitrogen and oxygen atoms in total. The molecule has 1 aromatic heterocycles. The molecule has 0 aliphatic carbocycles. The van der Waals surface area contributed by atoms with E-state index in [4.69, 9.17) is 4.74 Å². The third-order valence-corrected chi connectivity index (χ3v) is 3.17. The van der Waals surface area contributed by atoms with Crippen molar-refractivity contribution in [1.82, 2.24) is 4.98 Å². The normalized spacial score (nSPS) is 11.9. The zero-order chi connectivity index (χ0) is 14.4. The predicted octanol–water partition coefficient (Wildman–Crippen LogP) is 3.66. The van der Waals surface area contributed by atoms with Crippen molar-refractivity contribution in [1.29, 1.82) is 0 Å². The van der Waals surface area contributed by atoms with E-state index in [2.05, 4.69) is 29.4 Å². The Morgan fingerprint density at radius 3 is 2.55 bits per heavy atom. The van der Waals surface area contributed by atoms with E-state index < -0.39 is 5.95 Å². The van der Waals surface area contributed by atoms with E-state index in [0.29, 0.717) is 6.04 Å². The first-order chi connectivity index (χ1) is 9.67. The summed E-state index contributed by atoms with van der Waals surface area (Å²) in [5.74, 6) is 0.416. The van der Waals surface area contributed by atoms with Crippen LogP contribution < -0.4 is 10.1 Å². The standard InChI is InChI=1S/C16H19FN2O/c1-12(19-14-7-10-16(17)18-11-14)3-4-13-5-8-15(20-2)9-6-13/h5-12,19H,3-4H2,1-2H3. The highest BCUT2D eigenvalue weighted by atomic mass is 19.1. The quantitative estimate of drug-likeness (QED) is 0.816. The molecule has 1 aromatic carbocycles. The summed E-state index contributed by atoms with van der Waals surface area (Å²) in [5, 5.41) is 3.31. The van der Waals surface area contributed by atoms with Gasteiger partial charge in [0, 0.05) is 6.04 Å². The Balaban J connectivity index is 1.82. The van der Waals surface area contributed by atoms with Gasteiger partial charge in [0.25, 0.3) is 0 Å². The first-order valence-corrected chi connectivity index (χ1v) is 6.68. The average Bonchev–Trinajstić information content (AvgIpc) is 2.48. The molecule has 0 spiro atoms. The maximum absolute atomic E-state index is 12.7. The second kappa shape index (κ2) is 6.89. The predicted molar refractivity (Wildman–Crippen MR) is 78.6 cm³/mol. The van der Waals surface area contributed by atoms with Crippen LogP contribution in [0.25, 0.3) is 0 Å². The summed E-state index contributed by atoms with van der Waals surface area (Å²) in [5.41, 5.74) is 2.12. The summed E-state index contributed by atoms with van der Waals surface area (Å²) < 4.78 is 17.8. The smallest absolute Gasteiger partial charge is 0.212 e. The zero-order valence-electron chi connectivity index (χ0n) is 11.8. The van der Waals surface area contributed by atoms with E-state index >= 15 is 0 Å². The lowest BCUT2D eigenvalue weighted by Crippen LogP contribution is -2.16. The van der Waals surface area contributed by atoms with Crippen LogP contribution in [-0.2, 0) is 6.42 Å². The monoisotopic (exact) mass is 274 g/mol. The lowest BCUT2D eigenvalue weighted by molar-refractivity contribution is 0.414. The summed E-state index contributed by atoms with van der Waals surface area (Å²) in [4.78, 5) is 3.63. The number of ether oxygens (including phenoxy) is 1. The van der Waals surface area contributed by atoms with Crippen LogP contribution in [0.5, 0.6) is 5.75 Å². The lowest BCUT2D eigenvalue weighted by Gasteiger charge is -2.15. The molecule has 106 valence electrons. The van der Waals surface area contributed by atoms with Crippen LogP contribution in [0.15, 0.2) is 42.6 Å². The molecule has 1 unspecified atom stereocenters. The van der Waals surface area contributed by atoms with Gasteiger partial charge in [-0.3, -0.25) is 0 Å². The zero-order valence-corrected chi connectivity index (χ0v) is 11.8. The van der Waals surface area contributed by atoms with Crippen molar-refractivity contribution in [2.24, 2.45) is 0 Å². The van der Waals surface area contributed by atoms with Gasteiger partial charge in [-0.1, -0.05) is 12.1 Å². The Kier molecular flexibility index (Phi) is 4.93. The molecule has 20 heavy (non-hydrogen) atoms. The number of benzene rings is 1. The molecule has 0 aliphatic heterocycles. The van der Waals surface area contributed by atoms with Crippen molar-refractivity contribution in [3.8, 4) is 5.75 Å². The molecular weight excluding hydrogens is 255 g/mol. The number of pyridine rings is 1. The Labute approximate surface area is 118 Å². The molecule has 0 saturated carbocycles. The SMILES string of the molecule is COc1ccc(CCC(C)Nc2ccc(F)nc2)cc1. The van der Waals surface area contributed by atoms with Crippen LogP contribution >= 0.6 is 0 Å². The number of hydrogen-bond donors (Lipinski definition) is 1. The maximum atomic E-state index is 12.7. The second-order valence-electron chi connectivity index (χ2n) is 4.80. The van der Waals surface area contributed by atoms with Gasteiger partial charge in [-0.2, -0.15) is 4.39 Å². The molecule has 0 saturated heterocycles. The van der Waals surface area contributed by atoms with Gasteiger partial charge in [0.1, 0.15) is 5.75 Å². The van der Waals surface area contributed by atoms with E-state index in [9.17, 15) is 4.39 Å². The number of nitrogens with one attached hydrogen (secondary N) is 1. The van der Waals surface area contributed by atoms with E-state index in [-0.39, 0.29) is 0 Å². The number of anilines is 1. The molecule has 0 fully saturated rings. The first-order valence-electron chi connectivity index (χ1n) is 6.68. The molecule has 0 radical (unpaired) electrons. The maximum Gasteiger partial charge on any atom is 0.212 e. The molecule has 0 bridgehead atoms. The van der Waals surface area contributed by atoms with Gasteiger partial charge in [-0.15, -0.1) is 0 Å². The van der Waals surface area contributed by atoms with Crippen LogP contribution in [0.2, 0.25) is 0 Å². The van der Waals surface area contributed by atoms with Crippen LogP contribution in [0.1, 0.15) is 18.9 Å². The fourth-order valence-corrected chi connectivity index (χ4v) is 1.99. The number of halogens is 1. The van der Waals surface area contributed by atoms with Crippen LogP contribution in [0.3, 0.4) is 0 Å². The highest BCUT2D eigenvalue weighted by Gasteiger charge is 2.04. The van der Waals surface area contributed by atoms with E-state index in [1.807, 2.05) is 12.1 Å². The minimum Gasteiger partial charge on any atom is -0.497 e. The fourth-order valence-electron chi connectivity index (χ4n) is 1.99. The molecule has 0 aliphatic rings.